The molecule has 2 N–H and O–H groups in total. The molecule has 0 amide bonds. The molecule has 0 bridgehead atoms. The highest BCUT2D eigenvalue weighted by atomic mass is 79.9. The van der Waals surface area contributed by atoms with Crippen LogP contribution in [0.3, 0.4) is 0 Å². The van der Waals surface area contributed by atoms with Crippen molar-refractivity contribution in [2.75, 3.05) is 0 Å². The Bertz CT molecular complexity index is 851. The molecule has 0 saturated heterocycles. The van der Waals surface area contributed by atoms with Gasteiger partial charge in [0.1, 0.15) is 5.60 Å². The van der Waals surface area contributed by atoms with Crippen molar-refractivity contribution in [1.82, 2.24) is 0 Å². The third kappa shape index (κ3) is 3.86. The van der Waals surface area contributed by atoms with Gasteiger partial charge in [-0.2, -0.15) is 0 Å². The van der Waals surface area contributed by atoms with Gasteiger partial charge in [-0.3, -0.25) is 0 Å². The minimum Gasteiger partial charge on any atom is -0.392 e. The largest absolute Gasteiger partial charge is 0.392 e. The molecule has 0 atom stereocenters. The number of aryl methyl sites for hydroxylation is 2. The molecule has 0 saturated carbocycles. The fraction of sp³-hybridized carbons (Fsp3) is 0.250. The number of halogens is 1. The van der Waals surface area contributed by atoms with Gasteiger partial charge in [0.25, 0.3) is 0 Å². The molecular weight excluding hydrogens is 400 g/mol. The summed E-state index contributed by atoms with van der Waals surface area (Å²) >= 11 is 3.52. The summed E-state index contributed by atoms with van der Waals surface area (Å²) in [4.78, 5) is 0. The monoisotopic (exact) mass is 424 g/mol. The Balaban J connectivity index is 2.26. The number of benzene rings is 3. The van der Waals surface area contributed by atoms with Crippen LogP contribution in [0.15, 0.2) is 71.2 Å². The van der Waals surface area contributed by atoms with E-state index in [1.165, 1.54) is 11.1 Å². The lowest BCUT2D eigenvalue weighted by molar-refractivity contribution is 0.122. The van der Waals surface area contributed by atoms with Crippen LogP contribution in [0.25, 0.3) is 0 Å². The van der Waals surface area contributed by atoms with Gasteiger partial charge in [-0.25, -0.2) is 0 Å². The minimum absolute atomic E-state index is 0.134. The highest BCUT2D eigenvalue weighted by Gasteiger charge is 2.35. The maximum absolute atomic E-state index is 12.1. The normalized spacial score (nSPS) is 11.6. The molecule has 0 aliphatic carbocycles. The summed E-state index contributed by atoms with van der Waals surface area (Å²) in [6.07, 6.45) is 1.89. The molecule has 3 aromatic rings. The summed E-state index contributed by atoms with van der Waals surface area (Å²) in [5.41, 5.74) is 4.07. The Kier molecular flexibility index (Phi) is 6.15. The van der Waals surface area contributed by atoms with Crippen molar-refractivity contribution in [3.8, 4) is 0 Å². The smallest absolute Gasteiger partial charge is 0.140 e. The lowest BCUT2D eigenvalue weighted by Gasteiger charge is -2.32. The van der Waals surface area contributed by atoms with Crippen molar-refractivity contribution in [2.45, 2.75) is 38.9 Å². The lowest BCUT2D eigenvalue weighted by atomic mass is 9.78. The Hall–Kier alpha value is -1.94. The molecule has 0 unspecified atom stereocenters. The molecule has 0 fully saturated rings. The van der Waals surface area contributed by atoms with Gasteiger partial charge >= 0.3 is 0 Å². The van der Waals surface area contributed by atoms with Crippen LogP contribution in [0.1, 0.15) is 47.2 Å². The van der Waals surface area contributed by atoms with E-state index in [4.69, 9.17) is 0 Å². The number of hydrogen-bond donors (Lipinski definition) is 2. The van der Waals surface area contributed by atoms with E-state index in [0.717, 1.165) is 28.4 Å². The first-order chi connectivity index (χ1) is 13.0. The van der Waals surface area contributed by atoms with Crippen LogP contribution in [0.2, 0.25) is 0 Å². The summed E-state index contributed by atoms with van der Waals surface area (Å²) in [6.45, 7) is 4.09. The van der Waals surface area contributed by atoms with Crippen LogP contribution in [-0.2, 0) is 25.0 Å². The summed E-state index contributed by atoms with van der Waals surface area (Å²) in [7, 11) is 0. The SMILES string of the molecule is CCc1ccc(C(O)(c2ccc(CC)cc2)c2cc(Br)ccc2CO)cc1. The second-order valence-electron chi connectivity index (χ2n) is 6.77. The van der Waals surface area contributed by atoms with Gasteiger partial charge < -0.3 is 10.2 Å². The van der Waals surface area contributed by atoms with Crippen LogP contribution in [0.4, 0.5) is 0 Å². The number of aliphatic hydroxyl groups is 2. The van der Waals surface area contributed by atoms with E-state index in [-0.39, 0.29) is 6.61 Å². The maximum Gasteiger partial charge on any atom is 0.140 e. The van der Waals surface area contributed by atoms with Crippen LogP contribution in [-0.4, -0.2) is 10.2 Å². The molecule has 0 heterocycles. The third-order valence-corrected chi connectivity index (χ3v) is 5.69. The van der Waals surface area contributed by atoms with E-state index < -0.39 is 5.60 Å². The highest BCUT2D eigenvalue weighted by Crippen LogP contribution is 2.40. The Morgan fingerprint density at radius 1 is 0.778 bits per heavy atom. The van der Waals surface area contributed by atoms with Crippen molar-refractivity contribution >= 4 is 15.9 Å². The van der Waals surface area contributed by atoms with Gasteiger partial charge in [-0.15, -0.1) is 0 Å². The quantitative estimate of drug-likeness (QED) is 0.523. The molecule has 2 nitrogen and oxygen atoms in total. The first-order valence-corrected chi connectivity index (χ1v) is 10.1. The van der Waals surface area contributed by atoms with E-state index >= 15 is 0 Å². The van der Waals surface area contributed by atoms with Gasteiger partial charge in [0, 0.05) is 4.47 Å². The molecule has 0 radical (unpaired) electrons. The number of rotatable bonds is 6. The maximum atomic E-state index is 12.1. The molecule has 0 aliphatic rings. The molecule has 0 aromatic heterocycles. The van der Waals surface area contributed by atoms with Crippen molar-refractivity contribution in [3.63, 3.8) is 0 Å². The number of aliphatic hydroxyl groups excluding tert-OH is 1. The zero-order valence-corrected chi connectivity index (χ0v) is 17.3. The van der Waals surface area contributed by atoms with Crippen LogP contribution >= 0.6 is 15.9 Å². The fourth-order valence-electron chi connectivity index (χ4n) is 3.46. The Labute approximate surface area is 169 Å². The zero-order chi connectivity index (χ0) is 19.4. The van der Waals surface area contributed by atoms with Crippen molar-refractivity contribution in [3.05, 3.63) is 105 Å². The van der Waals surface area contributed by atoms with Gasteiger partial charge in [0.15, 0.2) is 0 Å². The van der Waals surface area contributed by atoms with Gasteiger partial charge in [-0.1, -0.05) is 84.4 Å². The van der Waals surface area contributed by atoms with Crippen molar-refractivity contribution < 1.29 is 10.2 Å². The second kappa shape index (κ2) is 8.39. The van der Waals surface area contributed by atoms with E-state index in [2.05, 4.69) is 54.0 Å². The highest BCUT2D eigenvalue weighted by molar-refractivity contribution is 9.10. The number of hydrogen-bond acceptors (Lipinski definition) is 2. The van der Waals surface area contributed by atoms with Crippen molar-refractivity contribution in [2.24, 2.45) is 0 Å². The van der Waals surface area contributed by atoms with Crippen LogP contribution < -0.4 is 0 Å². The molecule has 3 rings (SSSR count). The first kappa shape index (κ1) is 19.8. The van der Waals surface area contributed by atoms with Gasteiger partial charge in [0.05, 0.1) is 6.61 Å². The zero-order valence-electron chi connectivity index (χ0n) is 15.7. The summed E-state index contributed by atoms with van der Waals surface area (Å²) in [5, 5.41) is 22.0. The predicted octanol–water partition coefficient (Wildman–Crippen LogP) is 5.35. The predicted molar refractivity (Wildman–Crippen MR) is 114 cm³/mol. The fourth-order valence-corrected chi connectivity index (χ4v) is 3.83. The average molecular weight is 425 g/mol. The Morgan fingerprint density at radius 2 is 1.26 bits per heavy atom. The summed E-state index contributed by atoms with van der Waals surface area (Å²) in [6, 6.07) is 21.8. The van der Waals surface area contributed by atoms with E-state index in [1.807, 2.05) is 42.5 Å². The van der Waals surface area contributed by atoms with Crippen LogP contribution in [0.5, 0.6) is 0 Å². The van der Waals surface area contributed by atoms with Gasteiger partial charge in [-0.05, 0) is 58.4 Å². The van der Waals surface area contributed by atoms with E-state index in [9.17, 15) is 10.2 Å². The molecule has 3 aromatic carbocycles. The molecule has 0 spiro atoms. The molecule has 27 heavy (non-hydrogen) atoms. The van der Waals surface area contributed by atoms with E-state index in [1.54, 1.807) is 0 Å². The van der Waals surface area contributed by atoms with Gasteiger partial charge in [0.2, 0.25) is 0 Å². The third-order valence-electron chi connectivity index (χ3n) is 5.19. The second-order valence-corrected chi connectivity index (χ2v) is 7.69. The Morgan fingerprint density at radius 3 is 1.67 bits per heavy atom. The molecule has 0 aliphatic heterocycles. The summed E-state index contributed by atoms with van der Waals surface area (Å²) in [5.74, 6) is 0. The summed E-state index contributed by atoms with van der Waals surface area (Å²) < 4.78 is 0.864. The van der Waals surface area contributed by atoms with E-state index in [0.29, 0.717) is 11.1 Å². The first-order valence-electron chi connectivity index (χ1n) is 9.33. The van der Waals surface area contributed by atoms with Crippen LogP contribution in [0, 0.1) is 0 Å². The lowest BCUT2D eigenvalue weighted by Crippen LogP contribution is -2.30. The topological polar surface area (TPSA) is 40.5 Å². The molecule has 140 valence electrons. The average Bonchev–Trinajstić information content (AvgIpc) is 2.73. The standard InChI is InChI=1S/C24H25BrO2/c1-3-17-5-10-20(11-6-17)24(27,21-12-7-18(4-2)8-13-21)23-15-22(25)14-9-19(23)16-26/h5-15,26-27H,3-4,16H2,1-2H3. The minimum atomic E-state index is -1.35. The van der Waals surface area contributed by atoms with Crippen molar-refractivity contribution in [1.29, 1.82) is 0 Å². The molecular formula is C24H25BrO2. The molecule has 3 heteroatoms.